The van der Waals surface area contributed by atoms with Crippen molar-refractivity contribution in [2.45, 2.75) is 52.4 Å². The molecule has 0 N–H and O–H groups in total. The molecule has 3 aromatic heterocycles. The standard InChI is InChI=1S/C82H63N3/c1-5-52(3)61-24-14-18-32-73(61)84-75-34-20-16-26-63(75)69-48-56(40-46-79(69)84)58-38-44-77-71(50-58)72-51-59(57-41-47-80-70(49-57)64-27-17-21-35-76(64)85(80)74-33-19-15-25-62(74)53(4)6-2)39-45-78(72)83(77)60-42-36-55(37-43-60)82-67-30-12-10-28-65(67)81(54-22-8-7-9-23-54)66-29-11-13-31-68(66)82/h7-53H,5-6H2,1-4H3. The van der Waals surface area contributed by atoms with Crippen LogP contribution in [0.1, 0.15) is 63.5 Å². The van der Waals surface area contributed by atoms with Gasteiger partial charge in [0.25, 0.3) is 0 Å². The molecule has 13 aromatic carbocycles. The first-order chi connectivity index (χ1) is 41.9. The van der Waals surface area contributed by atoms with Gasteiger partial charge in [0.2, 0.25) is 0 Å². The van der Waals surface area contributed by atoms with E-state index in [0.717, 1.165) is 18.5 Å². The summed E-state index contributed by atoms with van der Waals surface area (Å²) in [5.74, 6) is 0.869. The van der Waals surface area contributed by atoms with E-state index in [1.807, 2.05) is 0 Å². The quantitative estimate of drug-likeness (QED) is 0.115. The first kappa shape index (κ1) is 50.5. The minimum atomic E-state index is 0.435. The molecule has 85 heavy (non-hydrogen) atoms. The van der Waals surface area contributed by atoms with Gasteiger partial charge in [-0.15, -0.1) is 0 Å². The van der Waals surface area contributed by atoms with Gasteiger partial charge in [0, 0.05) is 49.4 Å². The van der Waals surface area contributed by atoms with E-state index >= 15 is 0 Å². The van der Waals surface area contributed by atoms with Gasteiger partial charge >= 0.3 is 0 Å². The second kappa shape index (κ2) is 20.3. The Kier molecular flexibility index (Phi) is 12.1. The summed E-state index contributed by atoms with van der Waals surface area (Å²) in [4.78, 5) is 0. The first-order valence-corrected chi connectivity index (χ1v) is 30.4. The molecular formula is C82H63N3. The minimum absolute atomic E-state index is 0.435. The highest BCUT2D eigenvalue weighted by molar-refractivity contribution is 6.22. The summed E-state index contributed by atoms with van der Waals surface area (Å²) in [6, 6.07) is 102. The van der Waals surface area contributed by atoms with Gasteiger partial charge in [-0.3, -0.25) is 0 Å². The van der Waals surface area contributed by atoms with Gasteiger partial charge in [-0.1, -0.05) is 216 Å². The molecule has 0 spiro atoms. The van der Waals surface area contributed by atoms with E-state index < -0.39 is 0 Å². The first-order valence-electron chi connectivity index (χ1n) is 30.4. The molecular weight excluding hydrogens is 1030 g/mol. The Labute approximate surface area is 495 Å². The summed E-state index contributed by atoms with van der Waals surface area (Å²) >= 11 is 0. The summed E-state index contributed by atoms with van der Waals surface area (Å²) in [6.45, 7) is 9.26. The molecule has 16 aromatic rings. The monoisotopic (exact) mass is 1090 g/mol. The lowest BCUT2D eigenvalue weighted by atomic mass is 9.86. The zero-order valence-corrected chi connectivity index (χ0v) is 48.4. The van der Waals surface area contributed by atoms with Gasteiger partial charge in [-0.25, -0.2) is 0 Å². The third-order valence-electron chi connectivity index (χ3n) is 18.8. The Hall–Kier alpha value is -10.2. The number of benzene rings is 13. The smallest absolute Gasteiger partial charge is 0.0541 e. The van der Waals surface area contributed by atoms with Crippen LogP contribution in [0.4, 0.5) is 0 Å². The molecule has 0 aliphatic heterocycles. The van der Waals surface area contributed by atoms with Crippen LogP contribution < -0.4 is 0 Å². The summed E-state index contributed by atoms with van der Waals surface area (Å²) in [5.41, 5.74) is 23.4. The Morgan fingerprint density at radius 2 is 0.541 bits per heavy atom. The van der Waals surface area contributed by atoms with E-state index in [2.05, 4.69) is 314 Å². The van der Waals surface area contributed by atoms with Crippen molar-refractivity contribution in [3.8, 4) is 61.6 Å². The van der Waals surface area contributed by atoms with Crippen LogP contribution in [0.3, 0.4) is 0 Å². The topological polar surface area (TPSA) is 14.8 Å². The molecule has 0 fully saturated rings. The molecule has 3 nitrogen and oxygen atoms in total. The average molecular weight is 1090 g/mol. The van der Waals surface area contributed by atoms with Crippen molar-refractivity contribution in [1.29, 1.82) is 0 Å². The number of fused-ring (bicyclic) bond motifs is 11. The van der Waals surface area contributed by atoms with Crippen LogP contribution in [-0.4, -0.2) is 13.7 Å². The van der Waals surface area contributed by atoms with Crippen LogP contribution in [0.2, 0.25) is 0 Å². The molecule has 0 aliphatic carbocycles. The Bertz CT molecular complexity index is 5010. The largest absolute Gasteiger partial charge is 0.309 e. The maximum atomic E-state index is 2.49. The SMILES string of the molecule is CCC(C)c1ccccc1-n1c2ccccc2c2cc(-c3ccc4c(c3)c3cc(-c5ccc6c(c5)c5ccccc5n6-c5ccccc5C(C)CC)ccc3n4-c3ccc(-c4c5ccccc5c(-c5ccccc5)c5ccccc45)cc3)ccc21. The van der Waals surface area contributed by atoms with Crippen LogP contribution in [0, 0.1) is 0 Å². The Balaban J connectivity index is 0.878. The fourth-order valence-electron chi connectivity index (χ4n) is 14.3. The van der Waals surface area contributed by atoms with Crippen LogP contribution in [0.5, 0.6) is 0 Å². The molecule has 0 aliphatic rings. The number of para-hydroxylation sites is 4. The fourth-order valence-corrected chi connectivity index (χ4v) is 14.3. The normalized spacial score (nSPS) is 12.7. The Morgan fingerprint density at radius 1 is 0.247 bits per heavy atom. The number of nitrogens with zero attached hydrogens (tertiary/aromatic N) is 3. The van der Waals surface area contributed by atoms with Gasteiger partial charge in [0.05, 0.1) is 33.1 Å². The highest BCUT2D eigenvalue weighted by Crippen LogP contribution is 2.46. The van der Waals surface area contributed by atoms with Crippen molar-refractivity contribution in [2.75, 3.05) is 0 Å². The van der Waals surface area contributed by atoms with Crippen LogP contribution in [0.25, 0.3) is 149 Å². The maximum absolute atomic E-state index is 2.49. The molecule has 2 atom stereocenters. The van der Waals surface area contributed by atoms with Crippen molar-refractivity contribution >= 4 is 87.0 Å². The fraction of sp³-hybridized carbons (Fsp3) is 0.0976. The second-order valence-corrected chi connectivity index (χ2v) is 23.5. The molecule has 3 heteroatoms. The highest BCUT2D eigenvalue weighted by Gasteiger charge is 2.23. The molecule has 3 heterocycles. The average Bonchev–Trinajstić information content (AvgIpc) is 3.68. The third-order valence-corrected chi connectivity index (χ3v) is 18.8. The second-order valence-electron chi connectivity index (χ2n) is 23.5. The van der Waals surface area contributed by atoms with Gasteiger partial charge in [-0.05, 0) is 187 Å². The van der Waals surface area contributed by atoms with Crippen LogP contribution in [-0.2, 0) is 0 Å². The number of rotatable bonds is 11. The minimum Gasteiger partial charge on any atom is -0.309 e. The van der Waals surface area contributed by atoms with E-state index in [4.69, 9.17) is 0 Å². The molecule has 406 valence electrons. The van der Waals surface area contributed by atoms with E-state index in [9.17, 15) is 0 Å². The van der Waals surface area contributed by atoms with Crippen LogP contribution in [0.15, 0.2) is 273 Å². The van der Waals surface area contributed by atoms with Crippen molar-refractivity contribution in [3.05, 3.63) is 284 Å². The van der Waals surface area contributed by atoms with Gasteiger partial charge in [0.15, 0.2) is 0 Å². The molecule has 2 unspecified atom stereocenters. The van der Waals surface area contributed by atoms with E-state index in [-0.39, 0.29) is 0 Å². The lowest BCUT2D eigenvalue weighted by Gasteiger charge is -2.18. The van der Waals surface area contributed by atoms with Crippen molar-refractivity contribution < 1.29 is 0 Å². The van der Waals surface area contributed by atoms with E-state index in [1.165, 1.54) is 154 Å². The van der Waals surface area contributed by atoms with E-state index in [1.54, 1.807) is 0 Å². The van der Waals surface area contributed by atoms with Gasteiger partial charge < -0.3 is 13.7 Å². The van der Waals surface area contributed by atoms with Crippen molar-refractivity contribution in [3.63, 3.8) is 0 Å². The number of hydrogen-bond acceptors (Lipinski definition) is 0. The highest BCUT2D eigenvalue weighted by atomic mass is 15.0. The number of hydrogen-bond donors (Lipinski definition) is 0. The zero-order chi connectivity index (χ0) is 56.9. The van der Waals surface area contributed by atoms with Gasteiger partial charge in [-0.2, -0.15) is 0 Å². The molecule has 0 bridgehead atoms. The van der Waals surface area contributed by atoms with Crippen molar-refractivity contribution in [2.24, 2.45) is 0 Å². The lowest BCUT2D eigenvalue weighted by Crippen LogP contribution is -2.02. The Morgan fingerprint density at radius 3 is 0.941 bits per heavy atom. The molecule has 16 rings (SSSR count). The van der Waals surface area contributed by atoms with E-state index in [0.29, 0.717) is 11.8 Å². The zero-order valence-electron chi connectivity index (χ0n) is 48.4. The predicted molar refractivity (Wildman–Crippen MR) is 364 cm³/mol. The predicted octanol–water partition coefficient (Wildman–Crippen LogP) is 23.0. The number of aromatic nitrogens is 3. The maximum Gasteiger partial charge on any atom is 0.0541 e. The molecule has 0 amide bonds. The summed E-state index contributed by atoms with van der Waals surface area (Å²) in [6.07, 6.45) is 2.16. The third kappa shape index (κ3) is 8.02. The molecule has 0 saturated carbocycles. The summed E-state index contributed by atoms with van der Waals surface area (Å²) < 4.78 is 7.46. The molecule has 0 saturated heterocycles. The van der Waals surface area contributed by atoms with Gasteiger partial charge in [0.1, 0.15) is 0 Å². The van der Waals surface area contributed by atoms with Crippen LogP contribution >= 0.6 is 0 Å². The summed E-state index contributed by atoms with van der Waals surface area (Å²) in [5, 5.41) is 12.5. The lowest BCUT2D eigenvalue weighted by molar-refractivity contribution is 0.728. The van der Waals surface area contributed by atoms with Crippen molar-refractivity contribution in [1.82, 2.24) is 13.7 Å². The summed E-state index contributed by atoms with van der Waals surface area (Å²) in [7, 11) is 0. The molecule has 0 radical (unpaired) electrons.